The average molecular weight is 406 g/mol. The third-order valence-corrected chi connectivity index (χ3v) is 5.63. The van der Waals surface area contributed by atoms with Gasteiger partial charge in [-0.25, -0.2) is 0 Å². The highest BCUT2D eigenvalue weighted by molar-refractivity contribution is 7.08. The first-order valence-corrected chi connectivity index (χ1v) is 9.78. The van der Waals surface area contributed by atoms with Crippen LogP contribution in [-0.2, 0) is 0 Å². The van der Waals surface area contributed by atoms with Gasteiger partial charge in [0.2, 0.25) is 0 Å². The summed E-state index contributed by atoms with van der Waals surface area (Å²) in [5, 5.41) is 27.1. The summed E-state index contributed by atoms with van der Waals surface area (Å²) in [4.78, 5) is 13.4. The third kappa shape index (κ3) is 3.46. The number of benzene rings is 2. The number of ether oxygens (including phenoxy) is 1. The largest absolute Gasteiger partial charge is 0.485 e. The number of fused-ring (bicyclic) bond motifs is 1. The highest BCUT2D eigenvalue weighted by Gasteiger charge is 2.44. The van der Waals surface area contributed by atoms with Gasteiger partial charge in [-0.1, -0.05) is 34.8 Å². The minimum atomic E-state index is -1.02. The predicted octanol–water partition coefficient (Wildman–Crippen LogP) is 3.08. The average Bonchev–Trinajstić information content (AvgIpc) is 3.21. The smallest absolute Gasteiger partial charge is 0.265 e. The number of aliphatic hydroxyl groups excluding tert-OH is 1. The Hall–Kier alpha value is -3.28. The summed E-state index contributed by atoms with van der Waals surface area (Å²) in [5.74, 6) is 0.129. The lowest BCUT2D eigenvalue weighted by molar-refractivity contribution is -0.0627. The fraction of sp³-hybridized carbons (Fsp3) is 0.238. The van der Waals surface area contributed by atoms with E-state index in [1.165, 1.54) is 0 Å². The first-order valence-electron chi connectivity index (χ1n) is 9.00. The fourth-order valence-corrected chi connectivity index (χ4v) is 3.95. The van der Waals surface area contributed by atoms with E-state index >= 15 is 0 Å². The molecule has 146 valence electrons. The summed E-state index contributed by atoms with van der Waals surface area (Å²) < 4.78 is 9.83. The number of carbonyl (C=O) groups is 1. The van der Waals surface area contributed by atoms with E-state index in [0.717, 1.165) is 17.1 Å². The molecule has 2 aromatic carbocycles. The van der Waals surface area contributed by atoms with Crippen molar-refractivity contribution in [3.8, 4) is 23.1 Å². The van der Waals surface area contributed by atoms with Crippen LogP contribution >= 0.6 is 11.5 Å². The topological polar surface area (TPSA) is 108 Å². The molecule has 0 fully saturated rings. The number of carbonyl (C=O) groups excluding carboxylic acids is 1. The van der Waals surface area contributed by atoms with Crippen molar-refractivity contribution in [2.24, 2.45) is 0 Å². The Bertz CT molecular complexity index is 1100. The Morgan fingerprint density at radius 3 is 2.76 bits per heavy atom. The van der Waals surface area contributed by atoms with Crippen LogP contribution in [0, 0.1) is 11.3 Å². The Kier molecular flexibility index (Phi) is 4.78. The van der Waals surface area contributed by atoms with Gasteiger partial charge in [-0.3, -0.25) is 4.79 Å². The Morgan fingerprint density at radius 2 is 2.03 bits per heavy atom. The molecule has 0 unspecified atom stereocenters. The second-order valence-electron chi connectivity index (χ2n) is 7.28. The fourth-order valence-electron chi connectivity index (χ4n) is 3.36. The van der Waals surface area contributed by atoms with Crippen LogP contribution in [0.1, 0.15) is 40.7 Å². The molecule has 8 heteroatoms. The maximum absolute atomic E-state index is 13.1. The first-order chi connectivity index (χ1) is 13.9. The van der Waals surface area contributed by atoms with Crippen LogP contribution in [0.4, 0.5) is 0 Å². The van der Waals surface area contributed by atoms with Crippen molar-refractivity contribution in [2.45, 2.75) is 31.6 Å². The first kappa shape index (κ1) is 19.1. The molecule has 2 N–H and O–H groups in total. The number of amides is 1. The van der Waals surface area contributed by atoms with Crippen molar-refractivity contribution in [3.05, 3.63) is 64.5 Å². The zero-order valence-corrected chi connectivity index (χ0v) is 16.6. The summed E-state index contributed by atoms with van der Waals surface area (Å²) >= 11 is 0.993. The van der Waals surface area contributed by atoms with Crippen LogP contribution in [0.5, 0.6) is 5.75 Å². The van der Waals surface area contributed by atoms with Crippen molar-refractivity contribution < 1.29 is 14.6 Å². The minimum absolute atomic E-state index is 0.352. The standard InChI is InChI=1S/C21H18N4O3S/c1-21(2)19(26)17(14-10-12(11-22)8-9-15(14)28-21)23-20(27)18-16(24-25-29-18)13-6-4-3-5-7-13/h3-10,17,19,26H,1-2H3,(H,23,27)/t17-,19+/m1/s1. The second kappa shape index (κ2) is 7.28. The van der Waals surface area contributed by atoms with Crippen molar-refractivity contribution in [2.75, 3.05) is 0 Å². The number of aliphatic hydroxyl groups is 1. The Labute approximate surface area is 171 Å². The molecule has 1 aromatic heterocycles. The van der Waals surface area contributed by atoms with Gasteiger partial charge in [-0.05, 0) is 43.6 Å². The van der Waals surface area contributed by atoms with E-state index in [9.17, 15) is 15.2 Å². The molecule has 0 radical (unpaired) electrons. The van der Waals surface area contributed by atoms with Gasteiger partial charge in [0.15, 0.2) is 0 Å². The van der Waals surface area contributed by atoms with Gasteiger partial charge >= 0.3 is 0 Å². The summed E-state index contributed by atoms with van der Waals surface area (Å²) in [6.45, 7) is 3.50. The van der Waals surface area contributed by atoms with E-state index in [4.69, 9.17) is 4.74 Å². The monoisotopic (exact) mass is 406 g/mol. The zero-order valence-electron chi connectivity index (χ0n) is 15.8. The van der Waals surface area contributed by atoms with E-state index in [2.05, 4.69) is 21.0 Å². The van der Waals surface area contributed by atoms with Gasteiger partial charge in [0.1, 0.15) is 28.0 Å². The van der Waals surface area contributed by atoms with Crippen molar-refractivity contribution >= 4 is 17.4 Å². The number of nitrogens with zero attached hydrogens (tertiary/aromatic N) is 3. The summed E-state index contributed by atoms with van der Waals surface area (Å²) in [7, 11) is 0. The molecule has 0 bridgehead atoms. The molecule has 3 aromatic rings. The van der Waals surface area contributed by atoms with Crippen molar-refractivity contribution in [3.63, 3.8) is 0 Å². The second-order valence-corrected chi connectivity index (χ2v) is 8.04. The third-order valence-electron chi connectivity index (χ3n) is 4.90. The molecule has 2 atom stereocenters. The predicted molar refractivity (Wildman–Crippen MR) is 107 cm³/mol. The van der Waals surface area contributed by atoms with E-state index in [-0.39, 0.29) is 0 Å². The number of hydrogen-bond acceptors (Lipinski definition) is 7. The maximum Gasteiger partial charge on any atom is 0.265 e. The Morgan fingerprint density at radius 1 is 1.28 bits per heavy atom. The van der Waals surface area contributed by atoms with E-state index in [1.54, 1.807) is 32.0 Å². The van der Waals surface area contributed by atoms with Gasteiger partial charge in [-0.15, -0.1) is 5.10 Å². The molecular formula is C21H18N4O3S. The van der Waals surface area contributed by atoms with Gasteiger partial charge in [-0.2, -0.15) is 5.26 Å². The number of aromatic nitrogens is 2. The SMILES string of the molecule is CC1(C)Oc2ccc(C#N)cc2[C@@H](NC(=O)c2snnc2-c2ccccc2)[C@@H]1O. The van der Waals surface area contributed by atoms with Gasteiger partial charge in [0.05, 0.1) is 17.7 Å². The van der Waals surface area contributed by atoms with Crippen LogP contribution in [0.15, 0.2) is 48.5 Å². The molecule has 1 aliphatic heterocycles. The van der Waals surface area contributed by atoms with E-state index in [0.29, 0.717) is 27.4 Å². The highest BCUT2D eigenvalue weighted by atomic mass is 32.1. The number of nitriles is 1. The molecule has 4 rings (SSSR count). The van der Waals surface area contributed by atoms with E-state index < -0.39 is 23.7 Å². The highest BCUT2D eigenvalue weighted by Crippen LogP contribution is 2.40. The molecule has 0 saturated heterocycles. The quantitative estimate of drug-likeness (QED) is 0.692. The molecule has 2 heterocycles. The number of hydrogen-bond donors (Lipinski definition) is 2. The van der Waals surface area contributed by atoms with Crippen LogP contribution < -0.4 is 10.1 Å². The van der Waals surface area contributed by atoms with Crippen molar-refractivity contribution in [1.82, 2.24) is 14.9 Å². The molecule has 1 amide bonds. The van der Waals surface area contributed by atoms with Crippen LogP contribution in [0.3, 0.4) is 0 Å². The molecule has 0 aliphatic carbocycles. The summed E-state index contributed by atoms with van der Waals surface area (Å²) in [5.41, 5.74) is 1.32. The van der Waals surface area contributed by atoms with Crippen molar-refractivity contribution in [1.29, 1.82) is 5.26 Å². The van der Waals surface area contributed by atoms with Crippen LogP contribution in [0.25, 0.3) is 11.3 Å². The number of nitrogens with one attached hydrogen (secondary N) is 1. The lowest BCUT2D eigenvalue weighted by Gasteiger charge is -2.42. The molecule has 0 saturated carbocycles. The molecular weight excluding hydrogens is 388 g/mol. The van der Waals surface area contributed by atoms with E-state index in [1.807, 2.05) is 30.3 Å². The zero-order chi connectivity index (χ0) is 20.6. The molecule has 0 spiro atoms. The van der Waals surface area contributed by atoms with Gasteiger partial charge in [0, 0.05) is 11.1 Å². The van der Waals surface area contributed by atoms with Gasteiger partial charge < -0.3 is 15.2 Å². The Balaban J connectivity index is 1.70. The lowest BCUT2D eigenvalue weighted by Crippen LogP contribution is -2.53. The lowest BCUT2D eigenvalue weighted by atomic mass is 9.86. The van der Waals surface area contributed by atoms with Gasteiger partial charge in [0.25, 0.3) is 5.91 Å². The normalized spacial score (nSPS) is 19.5. The van der Waals surface area contributed by atoms with Crippen LogP contribution in [0.2, 0.25) is 0 Å². The number of rotatable bonds is 3. The molecule has 1 aliphatic rings. The summed E-state index contributed by atoms with van der Waals surface area (Å²) in [6, 6.07) is 15.6. The molecule has 29 heavy (non-hydrogen) atoms. The minimum Gasteiger partial charge on any atom is -0.485 e. The summed E-state index contributed by atoms with van der Waals surface area (Å²) in [6.07, 6.45) is -1.02. The molecule has 7 nitrogen and oxygen atoms in total. The van der Waals surface area contributed by atoms with Crippen LogP contribution in [-0.4, -0.2) is 32.3 Å². The maximum atomic E-state index is 13.1.